The van der Waals surface area contributed by atoms with Crippen LogP contribution in [0.15, 0.2) is 29.2 Å². The van der Waals surface area contributed by atoms with E-state index in [0.29, 0.717) is 14.2 Å². The zero-order chi connectivity index (χ0) is 14.0. The van der Waals surface area contributed by atoms with Gasteiger partial charge in [0.05, 0.1) is 4.91 Å². The Kier molecular flexibility index (Phi) is 4.24. The van der Waals surface area contributed by atoms with Crippen molar-refractivity contribution in [2.75, 3.05) is 0 Å². The molecule has 0 spiro atoms. The Balaban J connectivity index is 2.28. The van der Waals surface area contributed by atoms with Crippen LogP contribution in [0.2, 0.25) is 5.02 Å². The van der Waals surface area contributed by atoms with E-state index in [1.807, 2.05) is 12.1 Å². The topological polar surface area (TPSA) is 49.4 Å². The predicted octanol–water partition coefficient (Wildman–Crippen LogP) is 2.59. The van der Waals surface area contributed by atoms with Crippen LogP contribution in [0.4, 0.5) is 0 Å². The monoisotopic (exact) mass is 312 g/mol. The summed E-state index contributed by atoms with van der Waals surface area (Å²) in [7, 11) is 0. The van der Waals surface area contributed by atoms with E-state index in [2.05, 4.69) is 5.43 Å². The van der Waals surface area contributed by atoms with Gasteiger partial charge in [-0.05, 0) is 29.9 Å². The quantitative estimate of drug-likeness (QED) is 0.673. The molecule has 2 amide bonds. The van der Waals surface area contributed by atoms with Crippen molar-refractivity contribution in [3.63, 3.8) is 0 Å². The minimum Gasteiger partial charge on any atom is -0.274 e. The average molecular weight is 313 g/mol. The molecule has 1 N–H and O–H groups in total. The second-order valence-corrected chi connectivity index (χ2v) is 5.79. The Morgan fingerprint density at radius 3 is 2.79 bits per heavy atom. The van der Waals surface area contributed by atoms with Crippen LogP contribution in [0, 0.1) is 0 Å². The highest BCUT2D eigenvalue weighted by Gasteiger charge is 2.33. The summed E-state index contributed by atoms with van der Waals surface area (Å²) in [5, 5.41) is 1.61. The number of benzene rings is 1. The number of hydrazine groups is 1. The molecule has 0 radical (unpaired) electrons. The van der Waals surface area contributed by atoms with E-state index in [1.54, 1.807) is 18.2 Å². The first-order chi connectivity index (χ1) is 8.99. The third-order valence-electron chi connectivity index (χ3n) is 2.25. The van der Waals surface area contributed by atoms with E-state index in [9.17, 15) is 9.59 Å². The van der Waals surface area contributed by atoms with Crippen molar-refractivity contribution in [1.82, 2.24) is 10.4 Å². The summed E-state index contributed by atoms with van der Waals surface area (Å²) in [6.07, 6.45) is 1.66. The van der Waals surface area contributed by atoms with E-state index in [1.165, 1.54) is 6.92 Å². The van der Waals surface area contributed by atoms with E-state index in [4.69, 9.17) is 23.8 Å². The first-order valence-electron chi connectivity index (χ1n) is 5.29. The van der Waals surface area contributed by atoms with Crippen LogP contribution in [0.3, 0.4) is 0 Å². The standard InChI is InChI=1S/C12H9ClN2O2S2/c1-7(16)14-15-11(17)10(19-12(15)18)6-8-4-2-3-5-9(8)13/h2-6H,1H3,(H,14,16). The lowest BCUT2D eigenvalue weighted by Crippen LogP contribution is -2.43. The first kappa shape index (κ1) is 14.0. The molecule has 2 rings (SSSR count). The molecule has 1 aliphatic rings. The average Bonchev–Trinajstić information content (AvgIpc) is 2.60. The first-order valence-corrected chi connectivity index (χ1v) is 6.89. The number of thioether (sulfide) groups is 1. The summed E-state index contributed by atoms with van der Waals surface area (Å²) in [6.45, 7) is 1.32. The van der Waals surface area contributed by atoms with Gasteiger partial charge in [-0.3, -0.25) is 15.0 Å². The Morgan fingerprint density at radius 2 is 2.16 bits per heavy atom. The van der Waals surface area contributed by atoms with E-state index >= 15 is 0 Å². The summed E-state index contributed by atoms with van der Waals surface area (Å²) in [4.78, 5) is 23.5. The zero-order valence-corrected chi connectivity index (χ0v) is 12.2. The third-order valence-corrected chi connectivity index (χ3v) is 3.90. The maximum atomic E-state index is 12.1. The molecule has 1 fully saturated rings. The molecule has 1 aliphatic heterocycles. The van der Waals surface area contributed by atoms with Gasteiger partial charge in [-0.25, -0.2) is 0 Å². The molecule has 0 aliphatic carbocycles. The molecular formula is C12H9ClN2O2S2. The van der Waals surface area contributed by atoms with Gasteiger partial charge in [0.2, 0.25) is 5.91 Å². The smallest absolute Gasteiger partial charge is 0.274 e. The molecule has 0 unspecified atom stereocenters. The Morgan fingerprint density at radius 1 is 1.47 bits per heavy atom. The van der Waals surface area contributed by atoms with Crippen molar-refractivity contribution in [3.05, 3.63) is 39.8 Å². The highest BCUT2D eigenvalue weighted by atomic mass is 35.5. The lowest BCUT2D eigenvalue weighted by atomic mass is 10.2. The lowest BCUT2D eigenvalue weighted by molar-refractivity contribution is -0.131. The van der Waals surface area contributed by atoms with Crippen LogP contribution >= 0.6 is 35.6 Å². The molecule has 1 heterocycles. The molecule has 19 heavy (non-hydrogen) atoms. The number of hydrogen-bond acceptors (Lipinski definition) is 4. The van der Waals surface area contributed by atoms with Crippen molar-refractivity contribution >= 4 is 57.8 Å². The minimum atomic E-state index is -0.356. The highest BCUT2D eigenvalue weighted by Crippen LogP contribution is 2.32. The summed E-state index contributed by atoms with van der Waals surface area (Å²) in [5.41, 5.74) is 3.11. The van der Waals surface area contributed by atoms with E-state index < -0.39 is 0 Å². The molecule has 98 valence electrons. The van der Waals surface area contributed by atoms with Gasteiger partial charge in [-0.2, -0.15) is 5.01 Å². The molecule has 4 nitrogen and oxygen atoms in total. The Labute approximate surface area is 124 Å². The van der Waals surface area contributed by atoms with Crippen LogP contribution in [0.1, 0.15) is 12.5 Å². The minimum absolute atomic E-state index is 0.290. The third kappa shape index (κ3) is 3.15. The Bertz CT molecular complexity index is 601. The molecule has 7 heteroatoms. The molecular weight excluding hydrogens is 304 g/mol. The number of rotatable bonds is 2. The van der Waals surface area contributed by atoms with Crippen molar-refractivity contribution < 1.29 is 9.59 Å². The summed E-state index contributed by atoms with van der Waals surface area (Å²) >= 11 is 12.2. The second-order valence-electron chi connectivity index (χ2n) is 3.71. The van der Waals surface area contributed by atoms with Crippen LogP contribution in [0.5, 0.6) is 0 Å². The van der Waals surface area contributed by atoms with Crippen LogP contribution in [0.25, 0.3) is 6.08 Å². The number of amides is 2. The van der Waals surface area contributed by atoms with Gasteiger partial charge < -0.3 is 0 Å². The molecule has 1 aromatic carbocycles. The van der Waals surface area contributed by atoms with Crippen LogP contribution < -0.4 is 5.43 Å². The van der Waals surface area contributed by atoms with Crippen molar-refractivity contribution in [1.29, 1.82) is 0 Å². The van der Waals surface area contributed by atoms with Crippen LogP contribution in [-0.2, 0) is 9.59 Å². The van der Waals surface area contributed by atoms with Gasteiger partial charge in [-0.1, -0.05) is 41.6 Å². The molecule has 0 atom stereocenters. The van der Waals surface area contributed by atoms with Gasteiger partial charge >= 0.3 is 0 Å². The number of carbonyl (C=O) groups excluding carboxylic acids is 2. The van der Waals surface area contributed by atoms with Crippen molar-refractivity contribution in [2.45, 2.75) is 6.92 Å². The number of hydrogen-bond donors (Lipinski definition) is 1. The van der Waals surface area contributed by atoms with Gasteiger partial charge in [0.1, 0.15) is 0 Å². The normalized spacial score (nSPS) is 17.2. The number of carbonyl (C=O) groups is 2. The molecule has 1 saturated heterocycles. The van der Waals surface area contributed by atoms with E-state index in [-0.39, 0.29) is 11.8 Å². The van der Waals surface area contributed by atoms with E-state index in [0.717, 1.165) is 22.3 Å². The summed E-state index contributed by atoms with van der Waals surface area (Å²) < 4.78 is 0.290. The Hall–Kier alpha value is -1.37. The SMILES string of the molecule is CC(=O)NN1C(=O)C(=Cc2ccccc2Cl)SC1=S. The number of nitrogens with one attached hydrogen (secondary N) is 1. The molecule has 1 aromatic rings. The maximum absolute atomic E-state index is 12.1. The van der Waals surface area contributed by atoms with Gasteiger partial charge in [0.25, 0.3) is 5.91 Å². The largest absolute Gasteiger partial charge is 0.285 e. The predicted molar refractivity (Wildman–Crippen MR) is 80.3 cm³/mol. The number of halogens is 1. The van der Waals surface area contributed by atoms with Crippen molar-refractivity contribution in [3.8, 4) is 0 Å². The summed E-state index contributed by atoms with van der Waals surface area (Å²) in [6, 6.07) is 7.17. The van der Waals surface area contributed by atoms with Crippen molar-refractivity contribution in [2.24, 2.45) is 0 Å². The number of nitrogens with zero attached hydrogens (tertiary/aromatic N) is 1. The van der Waals surface area contributed by atoms with Gasteiger partial charge in [0, 0.05) is 11.9 Å². The van der Waals surface area contributed by atoms with Crippen LogP contribution in [-0.4, -0.2) is 21.1 Å². The lowest BCUT2D eigenvalue weighted by Gasteiger charge is -2.13. The maximum Gasteiger partial charge on any atom is 0.285 e. The fraction of sp³-hybridized carbons (Fsp3) is 0.0833. The van der Waals surface area contributed by atoms with Gasteiger partial charge in [0.15, 0.2) is 4.32 Å². The fourth-order valence-corrected chi connectivity index (χ4v) is 2.82. The molecule has 0 saturated carbocycles. The second kappa shape index (κ2) is 5.73. The number of thiocarbonyl (C=S) groups is 1. The zero-order valence-electron chi connectivity index (χ0n) is 9.84. The van der Waals surface area contributed by atoms with Gasteiger partial charge in [-0.15, -0.1) is 0 Å². The fourth-order valence-electron chi connectivity index (χ4n) is 1.45. The highest BCUT2D eigenvalue weighted by molar-refractivity contribution is 8.26. The molecule has 0 bridgehead atoms. The molecule has 0 aromatic heterocycles. The summed E-state index contributed by atoms with van der Waals surface area (Å²) in [5.74, 6) is -0.708.